The normalized spacial score (nSPS) is 8.00. The van der Waals surface area contributed by atoms with Gasteiger partial charge in [-0.3, -0.25) is 0 Å². The topological polar surface area (TPSA) is 104 Å². The second-order valence-electron chi connectivity index (χ2n) is 1.85. The molecule has 5 nitrogen and oxygen atoms in total. The summed E-state index contributed by atoms with van der Waals surface area (Å²) in [4.78, 5) is 8.78. The Labute approximate surface area is 68.7 Å². The molecule has 0 saturated carbocycles. The van der Waals surface area contributed by atoms with Crippen LogP contribution in [0.15, 0.2) is 24.3 Å². The summed E-state index contributed by atoms with van der Waals surface area (Å²) < 4.78 is 0. The molecule has 1 aromatic carbocycles. The minimum absolute atomic E-state index is 0.169. The van der Waals surface area contributed by atoms with Crippen molar-refractivity contribution in [3.8, 4) is 11.5 Å². The van der Waals surface area contributed by atoms with Crippen LogP contribution in [0, 0.1) is 0 Å². The van der Waals surface area contributed by atoms with Crippen LogP contribution in [0.4, 0.5) is 4.79 Å². The number of carbonyl (C=O) groups is 1. The van der Waals surface area contributed by atoms with Gasteiger partial charge in [0.05, 0.1) is 0 Å². The summed E-state index contributed by atoms with van der Waals surface area (Å²) in [5.41, 5.74) is 4.03. The molecule has 1 rings (SSSR count). The fourth-order valence-corrected chi connectivity index (χ4v) is 0.453. The summed E-state index contributed by atoms with van der Waals surface area (Å²) in [6.07, 6.45) is -1.33. The molecule has 0 bridgehead atoms. The van der Waals surface area contributed by atoms with Gasteiger partial charge in [0.2, 0.25) is 0 Å². The van der Waals surface area contributed by atoms with Crippen molar-refractivity contribution in [1.82, 2.24) is 0 Å². The van der Waals surface area contributed by atoms with E-state index in [2.05, 4.69) is 5.73 Å². The van der Waals surface area contributed by atoms with E-state index in [9.17, 15) is 0 Å². The highest BCUT2D eigenvalue weighted by atomic mass is 16.4. The number of primary amides is 1. The largest absolute Gasteiger partial charge is 0.508 e. The molecule has 1 aromatic rings. The summed E-state index contributed by atoms with van der Waals surface area (Å²) in [6.45, 7) is 0. The maximum absolute atomic E-state index is 8.78. The molecule has 0 aliphatic heterocycles. The van der Waals surface area contributed by atoms with Gasteiger partial charge in [-0.2, -0.15) is 0 Å². The van der Waals surface area contributed by atoms with Crippen LogP contribution in [0.25, 0.3) is 0 Å². The first-order valence-corrected chi connectivity index (χ1v) is 2.98. The van der Waals surface area contributed by atoms with E-state index < -0.39 is 6.09 Å². The van der Waals surface area contributed by atoms with Gasteiger partial charge in [0.15, 0.2) is 0 Å². The molecule has 0 atom stereocenters. The number of nitrogens with two attached hydrogens (primary N) is 1. The second kappa shape index (κ2) is 4.84. The lowest BCUT2D eigenvalue weighted by Gasteiger charge is -1.88. The van der Waals surface area contributed by atoms with E-state index in [4.69, 9.17) is 20.1 Å². The van der Waals surface area contributed by atoms with Crippen LogP contribution in [0.3, 0.4) is 0 Å². The molecule has 0 aromatic heterocycles. The fraction of sp³-hybridized carbons (Fsp3) is 0. The Morgan fingerprint density at radius 2 is 1.25 bits per heavy atom. The molecule has 0 saturated heterocycles. The summed E-state index contributed by atoms with van der Waals surface area (Å²) in [7, 11) is 0. The highest BCUT2D eigenvalue weighted by molar-refractivity contribution is 5.61. The molecule has 66 valence electrons. The number of aromatic hydroxyl groups is 2. The second-order valence-corrected chi connectivity index (χ2v) is 1.85. The fourth-order valence-electron chi connectivity index (χ4n) is 0.453. The Bertz CT molecular complexity index is 219. The zero-order valence-electron chi connectivity index (χ0n) is 6.14. The molecule has 0 unspecified atom stereocenters. The zero-order chi connectivity index (χ0) is 9.56. The third-order valence-corrected chi connectivity index (χ3v) is 0.850. The number of amides is 1. The number of phenols is 2. The van der Waals surface area contributed by atoms with Gasteiger partial charge in [0.25, 0.3) is 0 Å². The van der Waals surface area contributed by atoms with Gasteiger partial charge in [-0.05, 0) is 24.3 Å². The van der Waals surface area contributed by atoms with Crippen molar-refractivity contribution in [2.24, 2.45) is 5.73 Å². The molecule has 0 aliphatic carbocycles. The highest BCUT2D eigenvalue weighted by Crippen LogP contribution is 2.13. The number of rotatable bonds is 0. The lowest BCUT2D eigenvalue weighted by atomic mass is 10.3. The van der Waals surface area contributed by atoms with Crippen molar-refractivity contribution in [2.45, 2.75) is 0 Å². The van der Waals surface area contributed by atoms with Gasteiger partial charge in [-0.15, -0.1) is 0 Å². The molecule has 0 radical (unpaired) electrons. The zero-order valence-corrected chi connectivity index (χ0v) is 6.14. The van der Waals surface area contributed by atoms with E-state index in [0.29, 0.717) is 0 Å². The Balaban J connectivity index is 0.000000261. The molecular formula is C7H9NO4. The van der Waals surface area contributed by atoms with Gasteiger partial charge in [0.1, 0.15) is 11.5 Å². The summed E-state index contributed by atoms with van der Waals surface area (Å²) in [6, 6.07) is 5.70. The smallest absolute Gasteiger partial charge is 0.402 e. The van der Waals surface area contributed by atoms with Crippen LogP contribution in [0.2, 0.25) is 0 Å². The molecule has 0 heterocycles. The van der Waals surface area contributed by atoms with Crippen molar-refractivity contribution >= 4 is 6.09 Å². The minimum atomic E-state index is -1.33. The number of phenolic OH excluding ortho intramolecular Hbond substituents is 2. The average Bonchev–Trinajstić information content (AvgIpc) is 1.94. The summed E-state index contributed by atoms with van der Waals surface area (Å²) >= 11 is 0. The average molecular weight is 171 g/mol. The molecule has 12 heavy (non-hydrogen) atoms. The van der Waals surface area contributed by atoms with Crippen molar-refractivity contribution < 1.29 is 20.1 Å². The maximum atomic E-state index is 8.78. The Morgan fingerprint density at radius 3 is 1.42 bits per heavy atom. The van der Waals surface area contributed by atoms with E-state index in [0.717, 1.165) is 0 Å². The molecule has 5 heteroatoms. The van der Waals surface area contributed by atoms with E-state index >= 15 is 0 Å². The quantitative estimate of drug-likeness (QED) is 0.432. The van der Waals surface area contributed by atoms with Crippen LogP contribution in [0.1, 0.15) is 0 Å². The predicted octanol–water partition coefficient (Wildman–Crippen LogP) is 0.721. The van der Waals surface area contributed by atoms with Crippen LogP contribution in [0.5, 0.6) is 11.5 Å². The monoisotopic (exact) mass is 171 g/mol. The lowest BCUT2D eigenvalue weighted by molar-refractivity contribution is 0.205. The van der Waals surface area contributed by atoms with Gasteiger partial charge in [-0.1, -0.05) is 0 Å². The number of benzene rings is 1. The first-order valence-electron chi connectivity index (χ1n) is 2.98. The molecule has 1 amide bonds. The maximum Gasteiger partial charge on any atom is 0.402 e. The van der Waals surface area contributed by atoms with Crippen LogP contribution < -0.4 is 5.73 Å². The van der Waals surface area contributed by atoms with Crippen molar-refractivity contribution in [2.75, 3.05) is 0 Å². The van der Waals surface area contributed by atoms with Gasteiger partial charge >= 0.3 is 6.09 Å². The SMILES string of the molecule is NC(=O)O.Oc1ccc(O)cc1. The number of hydrogen-bond acceptors (Lipinski definition) is 3. The van der Waals surface area contributed by atoms with Crippen LogP contribution >= 0.6 is 0 Å². The van der Waals surface area contributed by atoms with E-state index in [1.165, 1.54) is 24.3 Å². The molecule has 0 fully saturated rings. The van der Waals surface area contributed by atoms with Crippen molar-refractivity contribution in [1.29, 1.82) is 0 Å². The third-order valence-electron chi connectivity index (χ3n) is 0.850. The predicted molar refractivity (Wildman–Crippen MR) is 42.0 cm³/mol. The molecule has 0 spiro atoms. The summed E-state index contributed by atoms with van der Waals surface area (Å²) in [5.74, 6) is 0.339. The lowest BCUT2D eigenvalue weighted by Crippen LogP contribution is -2.03. The molecule has 0 aliphatic rings. The standard InChI is InChI=1S/C6H6O2.CH3NO2/c7-5-1-2-6(8)4-3-5;2-1(3)4/h1-4,7-8H;2H2,(H,3,4). The third kappa shape index (κ3) is 6.21. The molecule has 5 N–H and O–H groups in total. The van der Waals surface area contributed by atoms with Gasteiger partial charge in [-0.25, -0.2) is 4.79 Å². The highest BCUT2D eigenvalue weighted by Gasteiger charge is 1.84. The van der Waals surface area contributed by atoms with Gasteiger partial charge in [0, 0.05) is 0 Å². The number of carboxylic acid groups (broad SMARTS) is 1. The van der Waals surface area contributed by atoms with Crippen LogP contribution in [-0.2, 0) is 0 Å². The Morgan fingerprint density at radius 1 is 1.08 bits per heavy atom. The number of hydrogen-bond donors (Lipinski definition) is 4. The van der Waals surface area contributed by atoms with Crippen molar-refractivity contribution in [3.63, 3.8) is 0 Å². The summed E-state index contributed by atoms with van der Waals surface area (Å²) in [5, 5.41) is 24.5. The Kier molecular flexibility index (Phi) is 4.07. The minimum Gasteiger partial charge on any atom is -0.508 e. The van der Waals surface area contributed by atoms with E-state index in [1.807, 2.05) is 0 Å². The van der Waals surface area contributed by atoms with Gasteiger partial charge < -0.3 is 21.1 Å². The Hall–Kier alpha value is -1.91. The molecular weight excluding hydrogens is 162 g/mol. The van der Waals surface area contributed by atoms with E-state index in [1.54, 1.807) is 0 Å². The van der Waals surface area contributed by atoms with Crippen LogP contribution in [-0.4, -0.2) is 21.4 Å². The first-order chi connectivity index (χ1) is 5.52. The van der Waals surface area contributed by atoms with Crippen molar-refractivity contribution in [3.05, 3.63) is 24.3 Å². The first kappa shape index (κ1) is 10.1. The van der Waals surface area contributed by atoms with E-state index in [-0.39, 0.29) is 11.5 Å².